The highest BCUT2D eigenvalue weighted by molar-refractivity contribution is 5.89. The Labute approximate surface area is 235 Å². The largest absolute Gasteiger partial charge is 0.493 e. The van der Waals surface area contributed by atoms with Gasteiger partial charge in [-0.2, -0.15) is 0 Å². The predicted molar refractivity (Wildman–Crippen MR) is 156 cm³/mol. The fraction of sp³-hybridized carbons (Fsp3) is 0.500. The van der Waals surface area contributed by atoms with E-state index in [4.69, 9.17) is 4.74 Å². The van der Waals surface area contributed by atoms with Crippen LogP contribution in [0.25, 0.3) is 10.9 Å². The van der Waals surface area contributed by atoms with Crippen LogP contribution in [0, 0.1) is 0 Å². The number of rotatable bonds is 11. The monoisotopic (exact) mass is 545 g/mol. The van der Waals surface area contributed by atoms with Crippen LogP contribution in [0.4, 0.5) is 16.3 Å². The second-order valence-electron chi connectivity index (χ2n) is 10.6. The second kappa shape index (κ2) is 13.4. The zero-order valence-corrected chi connectivity index (χ0v) is 23.3. The Morgan fingerprint density at radius 2 is 1.90 bits per heavy atom. The summed E-state index contributed by atoms with van der Waals surface area (Å²) in [5, 5.41) is 4.03. The molecule has 0 bridgehead atoms. The maximum atomic E-state index is 12.9. The Balaban J connectivity index is 1.13. The average Bonchev–Trinajstić information content (AvgIpc) is 3.54. The summed E-state index contributed by atoms with van der Waals surface area (Å²) in [6.45, 7) is 7.49. The van der Waals surface area contributed by atoms with Crippen LogP contribution < -0.4 is 15.0 Å². The van der Waals surface area contributed by atoms with E-state index in [2.05, 4.69) is 32.1 Å². The van der Waals surface area contributed by atoms with Crippen molar-refractivity contribution in [2.45, 2.75) is 51.4 Å². The number of hydrogen-bond acceptors (Lipinski definition) is 7. The first-order valence-corrected chi connectivity index (χ1v) is 14.5. The maximum absolute atomic E-state index is 12.9. The lowest BCUT2D eigenvalue weighted by Gasteiger charge is -2.32. The van der Waals surface area contributed by atoms with Crippen LogP contribution in [0.2, 0.25) is 0 Å². The zero-order chi connectivity index (χ0) is 27.7. The van der Waals surface area contributed by atoms with Gasteiger partial charge < -0.3 is 24.8 Å². The minimum absolute atomic E-state index is 0.0885. The molecule has 0 unspecified atom stereocenters. The standard InChI is InChI=1S/C30H39N7O3/c1-2-12-35(22-38)13-5-18-40-25-7-8-26-27(19-25)32-21-33-29(26)23-10-16-37(17-11-23)30(39)34-24-6-9-28(31-20-24)36-14-3-4-15-36/h6-9,19-23H,2-5,10-18H2,1H3,(H,34,39). The molecule has 2 saturated heterocycles. The molecule has 0 saturated carbocycles. The van der Waals surface area contributed by atoms with Gasteiger partial charge in [-0.1, -0.05) is 6.92 Å². The number of carbonyl (C=O) groups excluding carboxylic acids is 2. The van der Waals surface area contributed by atoms with Gasteiger partial charge in [0.05, 0.1) is 29.7 Å². The van der Waals surface area contributed by atoms with Crippen molar-refractivity contribution < 1.29 is 14.3 Å². The third-order valence-corrected chi connectivity index (χ3v) is 7.76. The highest BCUT2D eigenvalue weighted by Gasteiger charge is 2.26. The van der Waals surface area contributed by atoms with Gasteiger partial charge in [0.25, 0.3) is 0 Å². The Kier molecular flexibility index (Phi) is 9.26. The van der Waals surface area contributed by atoms with Crippen molar-refractivity contribution in [3.63, 3.8) is 0 Å². The van der Waals surface area contributed by atoms with Crippen LogP contribution in [0.3, 0.4) is 0 Å². The first-order chi connectivity index (χ1) is 19.6. The van der Waals surface area contributed by atoms with Crippen molar-refractivity contribution in [1.82, 2.24) is 24.8 Å². The molecule has 0 radical (unpaired) electrons. The van der Waals surface area contributed by atoms with Gasteiger partial charge in [0.15, 0.2) is 0 Å². The minimum atomic E-state index is -0.0885. The number of nitrogens with zero attached hydrogens (tertiary/aromatic N) is 6. The van der Waals surface area contributed by atoms with Crippen molar-refractivity contribution in [2.75, 3.05) is 56.1 Å². The lowest BCUT2D eigenvalue weighted by Crippen LogP contribution is -2.40. The normalized spacial score (nSPS) is 15.8. The summed E-state index contributed by atoms with van der Waals surface area (Å²) in [6.07, 6.45) is 10.1. The molecule has 1 N–H and O–H groups in total. The van der Waals surface area contributed by atoms with Gasteiger partial charge in [0.1, 0.15) is 17.9 Å². The molecule has 1 aromatic carbocycles. The Hall–Kier alpha value is -3.95. The number of fused-ring (bicyclic) bond motifs is 1. The molecular weight excluding hydrogens is 506 g/mol. The molecule has 3 aromatic rings. The van der Waals surface area contributed by atoms with Gasteiger partial charge in [-0.15, -0.1) is 0 Å². The predicted octanol–water partition coefficient (Wildman–Crippen LogP) is 4.67. The van der Waals surface area contributed by atoms with E-state index >= 15 is 0 Å². The smallest absolute Gasteiger partial charge is 0.321 e. The number of amides is 3. The number of carbonyl (C=O) groups is 2. The molecule has 2 aromatic heterocycles. The minimum Gasteiger partial charge on any atom is -0.493 e. The van der Waals surface area contributed by atoms with E-state index < -0.39 is 0 Å². The molecule has 2 fully saturated rings. The van der Waals surface area contributed by atoms with Crippen molar-refractivity contribution >= 4 is 34.8 Å². The summed E-state index contributed by atoms with van der Waals surface area (Å²) in [5.74, 6) is 2.00. The first-order valence-electron chi connectivity index (χ1n) is 14.5. The van der Waals surface area contributed by atoms with Crippen LogP contribution in [0.15, 0.2) is 42.9 Å². The second-order valence-corrected chi connectivity index (χ2v) is 10.6. The van der Waals surface area contributed by atoms with Gasteiger partial charge in [-0.05, 0) is 62.8 Å². The Bertz CT molecular complexity index is 1270. The summed E-state index contributed by atoms with van der Waals surface area (Å²) in [6, 6.07) is 9.78. The van der Waals surface area contributed by atoms with Gasteiger partial charge in [0.2, 0.25) is 6.41 Å². The highest BCUT2D eigenvalue weighted by atomic mass is 16.5. The molecule has 10 heteroatoms. The van der Waals surface area contributed by atoms with Gasteiger partial charge >= 0.3 is 6.03 Å². The van der Waals surface area contributed by atoms with E-state index in [-0.39, 0.29) is 11.9 Å². The fourth-order valence-corrected chi connectivity index (χ4v) is 5.59. The molecule has 0 atom stereocenters. The summed E-state index contributed by atoms with van der Waals surface area (Å²) in [4.78, 5) is 43.6. The highest BCUT2D eigenvalue weighted by Crippen LogP contribution is 2.32. The van der Waals surface area contributed by atoms with Gasteiger partial charge in [0, 0.05) is 56.6 Å². The third-order valence-electron chi connectivity index (χ3n) is 7.76. The molecule has 5 rings (SSSR count). The number of piperidine rings is 1. The van der Waals surface area contributed by atoms with Crippen molar-refractivity contribution in [1.29, 1.82) is 0 Å². The topological polar surface area (TPSA) is 104 Å². The third kappa shape index (κ3) is 6.78. The van der Waals surface area contributed by atoms with E-state index in [1.807, 2.05) is 35.2 Å². The van der Waals surface area contributed by atoms with Crippen LogP contribution in [-0.4, -0.2) is 83.1 Å². The van der Waals surface area contributed by atoms with Crippen molar-refractivity contribution in [3.8, 4) is 5.75 Å². The SMILES string of the molecule is CCCN(C=O)CCCOc1ccc2c(C3CCN(C(=O)Nc4ccc(N5CCCC5)nc4)CC3)ncnc2c1. The lowest BCUT2D eigenvalue weighted by molar-refractivity contribution is -0.118. The summed E-state index contributed by atoms with van der Waals surface area (Å²) < 4.78 is 5.93. The lowest BCUT2D eigenvalue weighted by atomic mass is 9.91. The quantitative estimate of drug-likeness (QED) is 0.276. The molecule has 3 amide bonds. The van der Waals surface area contributed by atoms with Crippen LogP contribution >= 0.6 is 0 Å². The summed E-state index contributed by atoms with van der Waals surface area (Å²) >= 11 is 0. The Morgan fingerprint density at radius 3 is 2.62 bits per heavy atom. The van der Waals surface area contributed by atoms with Gasteiger partial charge in [-0.25, -0.2) is 19.7 Å². The van der Waals surface area contributed by atoms with E-state index in [0.29, 0.717) is 26.2 Å². The number of hydrogen-bond donors (Lipinski definition) is 1. The van der Waals surface area contributed by atoms with E-state index in [9.17, 15) is 9.59 Å². The Morgan fingerprint density at radius 1 is 1.07 bits per heavy atom. The summed E-state index contributed by atoms with van der Waals surface area (Å²) in [5.41, 5.74) is 2.60. The van der Waals surface area contributed by atoms with Crippen LogP contribution in [-0.2, 0) is 4.79 Å². The molecule has 212 valence electrons. The van der Waals surface area contributed by atoms with Crippen molar-refractivity contribution in [2.24, 2.45) is 0 Å². The van der Waals surface area contributed by atoms with E-state index in [1.54, 1.807) is 17.4 Å². The number of nitrogens with one attached hydrogen (secondary N) is 1. The van der Waals surface area contributed by atoms with Crippen LogP contribution in [0.5, 0.6) is 5.75 Å². The van der Waals surface area contributed by atoms with Crippen molar-refractivity contribution in [3.05, 3.63) is 48.5 Å². The first kappa shape index (κ1) is 27.6. The number of anilines is 2. The van der Waals surface area contributed by atoms with Gasteiger partial charge in [-0.3, -0.25) is 4.79 Å². The number of likely N-dealkylation sites (tertiary alicyclic amines) is 1. The number of ether oxygens (including phenoxy) is 1. The molecular formula is C30H39N7O3. The molecule has 0 aliphatic carbocycles. The van der Waals surface area contributed by atoms with E-state index in [1.165, 1.54) is 12.8 Å². The average molecular weight is 546 g/mol. The van der Waals surface area contributed by atoms with Crippen LogP contribution in [0.1, 0.15) is 57.1 Å². The number of benzene rings is 1. The fourth-order valence-electron chi connectivity index (χ4n) is 5.59. The van der Waals surface area contributed by atoms with E-state index in [0.717, 1.165) is 85.6 Å². The summed E-state index contributed by atoms with van der Waals surface area (Å²) in [7, 11) is 0. The molecule has 4 heterocycles. The number of pyridine rings is 1. The number of urea groups is 1. The molecule has 2 aliphatic heterocycles. The molecule has 10 nitrogen and oxygen atoms in total. The molecule has 40 heavy (non-hydrogen) atoms. The molecule has 2 aliphatic rings. The number of aromatic nitrogens is 3. The zero-order valence-electron chi connectivity index (χ0n) is 23.3. The molecule has 0 spiro atoms. The maximum Gasteiger partial charge on any atom is 0.321 e.